The first kappa shape index (κ1) is 21.6. The number of esters is 1. The zero-order chi connectivity index (χ0) is 21.5. The van der Waals surface area contributed by atoms with Gasteiger partial charge in [0.2, 0.25) is 5.91 Å². The van der Waals surface area contributed by atoms with Crippen molar-refractivity contribution in [2.45, 2.75) is 31.9 Å². The van der Waals surface area contributed by atoms with E-state index in [2.05, 4.69) is 10.6 Å². The van der Waals surface area contributed by atoms with Gasteiger partial charge in [-0.05, 0) is 43.7 Å². The van der Waals surface area contributed by atoms with E-state index in [1.54, 1.807) is 0 Å². The van der Waals surface area contributed by atoms with Crippen LogP contribution in [0.5, 0.6) is 0 Å². The summed E-state index contributed by atoms with van der Waals surface area (Å²) in [6.45, 7) is 3.97. The number of nitrogens with zero attached hydrogens (tertiary/aromatic N) is 1. The summed E-state index contributed by atoms with van der Waals surface area (Å²) in [4.78, 5) is 29.4. The molecule has 1 aliphatic heterocycles. The topological polar surface area (TPSA) is 79.8 Å². The summed E-state index contributed by atoms with van der Waals surface area (Å²) in [5.41, 5.74) is 4.13. The van der Waals surface area contributed by atoms with E-state index in [1.807, 2.05) is 68.5 Å². The molecule has 0 saturated heterocycles. The molecule has 6 nitrogen and oxygen atoms in total. The van der Waals surface area contributed by atoms with Gasteiger partial charge in [-0.2, -0.15) is 0 Å². The largest absolute Gasteiger partial charge is 0.469 e. The second-order valence-electron chi connectivity index (χ2n) is 6.88. The third-order valence-corrected chi connectivity index (χ3v) is 5.82. The van der Waals surface area contributed by atoms with E-state index in [-0.39, 0.29) is 23.5 Å². The van der Waals surface area contributed by atoms with E-state index in [4.69, 9.17) is 9.73 Å². The molecule has 156 valence electrons. The van der Waals surface area contributed by atoms with Crippen LogP contribution in [0.25, 0.3) is 0 Å². The first-order chi connectivity index (χ1) is 14.5. The number of carbonyl (C=O) groups is 2. The standard InChI is InChI=1S/C23H25N3O3S/c1-4-20(23(28)25-16-11-9-15(2)10-12-16)30-21-13-17(14-22(27)29-3)24-18-7-5-6-8-19(18)26-21/h5-13,20,24H,4,14H2,1-3H3,(H,25,28)/t20-/m0/s1. The van der Waals surface area contributed by atoms with E-state index in [0.717, 1.165) is 22.6 Å². The van der Waals surface area contributed by atoms with Crippen molar-refractivity contribution in [3.63, 3.8) is 0 Å². The van der Waals surface area contributed by atoms with Gasteiger partial charge in [-0.25, -0.2) is 4.99 Å². The molecule has 2 N–H and O–H groups in total. The Kier molecular flexibility index (Phi) is 7.30. The van der Waals surface area contributed by atoms with Gasteiger partial charge < -0.3 is 15.4 Å². The van der Waals surface area contributed by atoms with E-state index >= 15 is 0 Å². The molecule has 1 atom stereocenters. The minimum atomic E-state index is -0.346. The quantitative estimate of drug-likeness (QED) is 0.636. The van der Waals surface area contributed by atoms with Gasteiger partial charge in [-0.3, -0.25) is 9.59 Å². The Hall–Kier alpha value is -3.06. The Labute approximate surface area is 180 Å². The maximum atomic E-state index is 12.8. The Bertz CT molecular complexity index is 983. The smallest absolute Gasteiger partial charge is 0.311 e. The number of para-hydroxylation sites is 2. The second kappa shape index (κ2) is 10.1. The zero-order valence-corrected chi connectivity index (χ0v) is 18.1. The van der Waals surface area contributed by atoms with Gasteiger partial charge in [0.15, 0.2) is 0 Å². The number of aryl methyl sites for hydroxylation is 1. The average molecular weight is 424 g/mol. The maximum Gasteiger partial charge on any atom is 0.311 e. The summed E-state index contributed by atoms with van der Waals surface area (Å²) >= 11 is 1.38. The van der Waals surface area contributed by atoms with Crippen molar-refractivity contribution in [1.29, 1.82) is 0 Å². The molecular formula is C23H25N3O3S. The van der Waals surface area contributed by atoms with Crippen LogP contribution in [0.1, 0.15) is 25.3 Å². The van der Waals surface area contributed by atoms with Crippen molar-refractivity contribution >= 4 is 45.7 Å². The number of thioether (sulfide) groups is 1. The fourth-order valence-corrected chi connectivity index (χ4v) is 3.88. The van der Waals surface area contributed by atoms with Gasteiger partial charge in [0.1, 0.15) is 0 Å². The number of rotatable bonds is 6. The van der Waals surface area contributed by atoms with Crippen molar-refractivity contribution in [3.05, 3.63) is 65.9 Å². The molecule has 3 rings (SSSR count). The van der Waals surface area contributed by atoms with Crippen molar-refractivity contribution < 1.29 is 14.3 Å². The van der Waals surface area contributed by atoms with E-state index < -0.39 is 0 Å². The Morgan fingerprint density at radius 3 is 2.60 bits per heavy atom. The summed E-state index contributed by atoms with van der Waals surface area (Å²) < 4.78 is 4.80. The monoisotopic (exact) mass is 423 g/mol. The normalized spacial score (nSPS) is 13.7. The molecule has 7 heteroatoms. The number of anilines is 2. The van der Waals surface area contributed by atoms with Gasteiger partial charge in [-0.15, -0.1) is 0 Å². The van der Waals surface area contributed by atoms with Crippen molar-refractivity contribution in [2.75, 3.05) is 17.7 Å². The number of benzene rings is 2. The number of aliphatic imine (C=N–C) groups is 1. The lowest BCUT2D eigenvalue weighted by Crippen LogP contribution is -2.25. The highest BCUT2D eigenvalue weighted by atomic mass is 32.2. The van der Waals surface area contributed by atoms with Crippen LogP contribution in [0.2, 0.25) is 0 Å². The highest BCUT2D eigenvalue weighted by Crippen LogP contribution is 2.32. The van der Waals surface area contributed by atoms with Gasteiger partial charge in [0.25, 0.3) is 0 Å². The number of hydrogen-bond donors (Lipinski definition) is 2. The number of nitrogens with one attached hydrogen (secondary N) is 2. The van der Waals surface area contributed by atoms with Crippen LogP contribution < -0.4 is 10.6 Å². The van der Waals surface area contributed by atoms with E-state index in [0.29, 0.717) is 17.2 Å². The molecule has 1 heterocycles. The summed E-state index contributed by atoms with van der Waals surface area (Å²) in [6, 6.07) is 15.3. The lowest BCUT2D eigenvalue weighted by molar-refractivity contribution is -0.139. The SMILES string of the molecule is CC[C@H](SC1=Nc2ccccc2NC(CC(=O)OC)=C1)C(=O)Nc1ccc(C)cc1. The number of carbonyl (C=O) groups excluding carboxylic acids is 2. The van der Waals surface area contributed by atoms with Gasteiger partial charge in [0, 0.05) is 11.4 Å². The number of ether oxygens (including phenoxy) is 1. The minimum Gasteiger partial charge on any atom is -0.469 e. The van der Waals surface area contributed by atoms with Crippen molar-refractivity contribution in [2.24, 2.45) is 4.99 Å². The van der Waals surface area contributed by atoms with Gasteiger partial charge >= 0.3 is 5.97 Å². The zero-order valence-electron chi connectivity index (χ0n) is 17.3. The molecular weight excluding hydrogens is 398 g/mol. The predicted molar refractivity (Wildman–Crippen MR) is 123 cm³/mol. The maximum absolute atomic E-state index is 12.8. The fourth-order valence-electron chi connectivity index (χ4n) is 2.90. The van der Waals surface area contributed by atoms with E-state index in [1.165, 1.54) is 18.9 Å². The van der Waals surface area contributed by atoms with Crippen molar-refractivity contribution in [3.8, 4) is 0 Å². The molecule has 0 fully saturated rings. The summed E-state index contributed by atoms with van der Waals surface area (Å²) in [7, 11) is 1.36. The molecule has 2 aromatic carbocycles. The highest BCUT2D eigenvalue weighted by molar-refractivity contribution is 8.15. The van der Waals surface area contributed by atoms with Crippen LogP contribution >= 0.6 is 11.8 Å². The third kappa shape index (κ3) is 5.73. The molecule has 0 aliphatic carbocycles. The fraction of sp³-hybridized carbons (Fsp3) is 0.261. The van der Waals surface area contributed by atoms with Crippen LogP contribution in [0.4, 0.5) is 17.1 Å². The number of amides is 1. The lowest BCUT2D eigenvalue weighted by atomic mass is 10.2. The van der Waals surface area contributed by atoms with Crippen LogP contribution in [-0.4, -0.2) is 29.3 Å². The van der Waals surface area contributed by atoms with Gasteiger partial charge in [0.05, 0.1) is 35.2 Å². The molecule has 2 aromatic rings. The second-order valence-corrected chi connectivity index (χ2v) is 8.11. The first-order valence-electron chi connectivity index (χ1n) is 9.74. The Morgan fingerprint density at radius 2 is 1.90 bits per heavy atom. The van der Waals surface area contributed by atoms with Crippen LogP contribution in [0.3, 0.4) is 0 Å². The Balaban J connectivity index is 1.81. The number of hydrogen-bond acceptors (Lipinski definition) is 6. The molecule has 1 aliphatic rings. The third-order valence-electron chi connectivity index (χ3n) is 4.54. The molecule has 0 bridgehead atoms. The van der Waals surface area contributed by atoms with Crippen LogP contribution in [-0.2, 0) is 14.3 Å². The summed E-state index contributed by atoms with van der Waals surface area (Å²) in [5.74, 6) is -0.427. The summed E-state index contributed by atoms with van der Waals surface area (Å²) in [6.07, 6.45) is 2.54. The summed E-state index contributed by atoms with van der Waals surface area (Å²) in [5, 5.41) is 6.56. The van der Waals surface area contributed by atoms with Crippen LogP contribution in [0, 0.1) is 6.92 Å². The lowest BCUT2D eigenvalue weighted by Gasteiger charge is -2.15. The highest BCUT2D eigenvalue weighted by Gasteiger charge is 2.22. The molecule has 0 spiro atoms. The molecule has 30 heavy (non-hydrogen) atoms. The van der Waals surface area contributed by atoms with Crippen LogP contribution in [0.15, 0.2) is 65.3 Å². The molecule has 0 aromatic heterocycles. The Morgan fingerprint density at radius 1 is 1.17 bits per heavy atom. The van der Waals surface area contributed by atoms with E-state index in [9.17, 15) is 9.59 Å². The molecule has 0 radical (unpaired) electrons. The predicted octanol–water partition coefficient (Wildman–Crippen LogP) is 5.05. The van der Waals surface area contributed by atoms with Crippen molar-refractivity contribution in [1.82, 2.24) is 0 Å². The first-order valence-corrected chi connectivity index (χ1v) is 10.6. The average Bonchev–Trinajstić information content (AvgIpc) is 2.91. The molecule has 0 unspecified atom stereocenters. The van der Waals surface area contributed by atoms with Gasteiger partial charge in [-0.1, -0.05) is 48.5 Å². The number of fused-ring (bicyclic) bond motifs is 1. The number of methoxy groups -OCH3 is 1. The molecule has 0 saturated carbocycles. The minimum absolute atomic E-state index is 0.0811. The molecule has 1 amide bonds.